The molecule has 0 fully saturated rings. The van der Waals surface area contributed by atoms with Gasteiger partial charge in [0.1, 0.15) is 0 Å². The number of hydrogen-bond acceptors (Lipinski definition) is 4. The minimum Gasteiger partial charge on any atom is -0.453 e. The number of aromatic nitrogens is 3. The third kappa shape index (κ3) is 14.3. The predicted octanol–water partition coefficient (Wildman–Crippen LogP) is 16.0. The maximum absolute atomic E-state index is 5.81. The number of fused-ring (bicyclic) bond motifs is 8. The first-order valence-corrected chi connectivity index (χ1v) is 21.7. The van der Waals surface area contributed by atoms with Gasteiger partial charge >= 0.3 is 0 Å². The molecule has 3 aromatic heterocycles. The minimum absolute atomic E-state index is 0.915. The highest BCUT2D eigenvalue weighted by atomic mass is 16.5. The van der Waals surface area contributed by atoms with Gasteiger partial charge in [0.25, 0.3) is 0 Å². The number of hydrogen-bond donors (Lipinski definition) is 0. The molecule has 320 valence electrons. The second-order valence-electron chi connectivity index (χ2n) is 12.0. The zero-order chi connectivity index (χ0) is 44.9. The molecule has 8 aromatic rings. The summed E-state index contributed by atoms with van der Waals surface area (Å²) in [4.78, 5) is 8.31. The Balaban J connectivity index is 0.000000729. The molecule has 59 heavy (non-hydrogen) atoms. The van der Waals surface area contributed by atoms with Gasteiger partial charge in [-0.3, -0.25) is 4.98 Å². The minimum atomic E-state index is 0.915. The normalized spacial score (nSPS) is 9.78. The molecule has 0 atom stereocenters. The Hall–Kier alpha value is -5.59. The zero-order valence-electron chi connectivity index (χ0n) is 39.9. The van der Waals surface area contributed by atoms with Crippen molar-refractivity contribution in [2.24, 2.45) is 14.1 Å². The Kier molecular flexibility index (Phi) is 27.6. The second kappa shape index (κ2) is 30.5. The second-order valence-corrected chi connectivity index (χ2v) is 12.0. The Labute approximate surface area is 359 Å². The van der Waals surface area contributed by atoms with Crippen molar-refractivity contribution < 1.29 is 4.74 Å². The fourth-order valence-electron chi connectivity index (χ4n) is 6.02. The molecule has 0 N–H and O–H groups in total. The summed E-state index contributed by atoms with van der Waals surface area (Å²) in [7, 11) is 12.3. The highest BCUT2D eigenvalue weighted by Crippen LogP contribution is 2.45. The van der Waals surface area contributed by atoms with Gasteiger partial charge < -0.3 is 23.7 Å². The number of pyridine rings is 1. The van der Waals surface area contributed by atoms with E-state index in [1.54, 1.807) is 0 Å². The van der Waals surface area contributed by atoms with E-state index in [1.165, 1.54) is 43.6 Å². The molecule has 6 nitrogen and oxygen atoms in total. The van der Waals surface area contributed by atoms with E-state index in [-0.39, 0.29) is 0 Å². The quantitative estimate of drug-likeness (QED) is 0.153. The van der Waals surface area contributed by atoms with Crippen LogP contribution in [0.4, 0.5) is 11.4 Å². The van der Waals surface area contributed by atoms with E-state index in [9.17, 15) is 0 Å². The number of anilines is 2. The molecule has 0 aliphatic carbocycles. The summed E-state index contributed by atoms with van der Waals surface area (Å²) >= 11 is 0. The molecule has 5 aromatic carbocycles. The molecule has 0 amide bonds. The van der Waals surface area contributed by atoms with Crippen molar-refractivity contribution in [3.63, 3.8) is 0 Å². The van der Waals surface area contributed by atoms with Crippen molar-refractivity contribution in [1.29, 1.82) is 0 Å². The van der Waals surface area contributed by atoms with Crippen LogP contribution in [-0.2, 0) is 14.1 Å². The third-order valence-corrected chi connectivity index (χ3v) is 8.21. The van der Waals surface area contributed by atoms with Gasteiger partial charge in [-0.25, -0.2) is 0 Å². The molecule has 0 spiro atoms. The van der Waals surface area contributed by atoms with Gasteiger partial charge in [0.2, 0.25) is 0 Å². The monoisotopic (exact) mass is 800 g/mol. The number of benzene rings is 5. The van der Waals surface area contributed by atoms with E-state index < -0.39 is 0 Å². The lowest BCUT2D eigenvalue weighted by Gasteiger charge is -2.29. The summed E-state index contributed by atoms with van der Waals surface area (Å²) in [5, 5.41) is 5.18. The van der Waals surface area contributed by atoms with Gasteiger partial charge in [0, 0.05) is 71.6 Å². The fourth-order valence-corrected chi connectivity index (χ4v) is 6.02. The average Bonchev–Trinajstić information content (AvgIpc) is 3.78. The molecule has 0 unspecified atom stereocenters. The third-order valence-electron chi connectivity index (χ3n) is 8.21. The topological polar surface area (TPSA) is 38.5 Å². The Morgan fingerprint density at radius 2 is 0.678 bits per heavy atom. The van der Waals surface area contributed by atoms with E-state index in [0.29, 0.717) is 0 Å². The van der Waals surface area contributed by atoms with Gasteiger partial charge in [-0.05, 0) is 69.7 Å². The first kappa shape index (κ1) is 53.4. The van der Waals surface area contributed by atoms with Crippen molar-refractivity contribution in [2.75, 3.05) is 33.1 Å². The molecule has 1 aliphatic rings. The lowest BCUT2D eigenvalue weighted by molar-refractivity contribution is 0.475. The summed E-state index contributed by atoms with van der Waals surface area (Å²) in [5.41, 5.74) is 7.31. The van der Waals surface area contributed by atoms with E-state index >= 15 is 0 Å². The molecule has 9 rings (SSSR count). The van der Waals surface area contributed by atoms with Crippen molar-refractivity contribution >= 4 is 55.0 Å². The van der Waals surface area contributed by atoms with Crippen LogP contribution in [0.3, 0.4) is 0 Å². The maximum Gasteiger partial charge on any atom is 0.151 e. The average molecular weight is 800 g/mol. The predicted molar refractivity (Wildman–Crippen MR) is 267 cm³/mol. The van der Waals surface area contributed by atoms with E-state index in [1.807, 2.05) is 158 Å². The SMILES string of the molecule is CC.CC.CC.CC.CC.CC.CN(C)C.CN1c2ccccc2Oc2ccccc21.Cn1c2ccccc2c2ccccc21.Cn1c2ccccc2c2cnccc21. The molecule has 0 radical (unpaired) electrons. The number of rotatable bonds is 0. The lowest BCUT2D eigenvalue weighted by atomic mass is 10.2. The van der Waals surface area contributed by atoms with Crippen molar-refractivity contribution in [3.05, 3.63) is 140 Å². The number of para-hydroxylation sites is 7. The molecule has 0 bridgehead atoms. The fraction of sp³-hybridized carbons (Fsp3) is 0.340. The van der Waals surface area contributed by atoms with Crippen LogP contribution < -0.4 is 9.64 Å². The molecule has 4 heterocycles. The highest BCUT2D eigenvalue weighted by Gasteiger charge is 2.19. The van der Waals surface area contributed by atoms with Crippen LogP contribution in [0.1, 0.15) is 83.1 Å². The largest absolute Gasteiger partial charge is 0.453 e. The maximum atomic E-state index is 5.81. The molecular weight excluding hydrogens is 723 g/mol. The Morgan fingerprint density at radius 1 is 0.390 bits per heavy atom. The summed E-state index contributed by atoms with van der Waals surface area (Å²) in [6.45, 7) is 24.0. The van der Waals surface area contributed by atoms with Crippen LogP contribution in [0.2, 0.25) is 0 Å². The van der Waals surface area contributed by atoms with E-state index in [0.717, 1.165) is 22.9 Å². The summed E-state index contributed by atoms with van der Waals surface area (Å²) < 4.78 is 10.2. The van der Waals surface area contributed by atoms with Gasteiger partial charge in [-0.2, -0.15) is 0 Å². The van der Waals surface area contributed by atoms with E-state index in [4.69, 9.17) is 4.74 Å². The van der Waals surface area contributed by atoms with E-state index in [2.05, 4.69) is 131 Å². The molecule has 1 aliphatic heterocycles. The molecule has 0 saturated carbocycles. The Morgan fingerprint density at radius 3 is 1.05 bits per heavy atom. The van der Waals surface area contributed by atoms with Gasteiger partial charge in [0.05, 0.1) is 16.9 Å². The van der Waals surface area contributed by atoms with Gasteiger partial charge in [-0.15, -0.1) is 0 Å². The van der Waals surface area contributed by atoms with Crippen molar-refractivity contribution in [1.82, 2.24) is 19.0 Å². The number of aryl methyl sites for hydroxylation is 2. The van der Waals surface area contributed by atoms with Crippen LogP contribution in [-0.4, -0.2) is 47.2 Å². The standard InChI is InChI=1S/C13H11NO.C13H11N.C12H10N2.C3H9N.6C2H6/c1-14-10-6-2-4-8-12(10)15-13-9-5-3-7-11(13)14;1-14-12-8-4-2-6-10(12)11-7-3-5-9-13(11)14;1-14-11-5-3-2-4-9(11)10-8-13-7-6-12(10)14;1-4(2)3;6*1-2/h2-9H,1H3;2-9H,1H3;2-8H,1H3;1-3H3;6*1-2H3. The van der Waals surface area contributed by atoms with Crippen LogP contribution in [0, 0.1) is 0 Å². The lowest BCUT2D eigenvalue weighted by Crippen LogP contribution is -2.15. The molecular formula is C53H77N5O. The van der Waals surface area contributed by atoms with Gasteiger partial charge in [0.15, 0.2) is 11.5 Å². The van der Waals surface area contributed by atoms with Gasteiger partial charge in [-0.1, -0.05) is 162 Å². The van der Waals surface area contributed by atoms with Crippen molar-refractivity contribution in [3.8, 4) is 11.5 Å². The van der Waals surface area contributed by atoms with Crippen LogP contribution >= 0.6 is 0 Å². The Bertz CT molecular complexity index is 2020. The molecule has 0 saturated heterocycles. The summed E-state index contributed by atoms with van der Waals surface area (Å²) in [5.74, 6) is 1.83. The first-order valence-electron chi connectivity index (χ1n) is 21.7. The zero-order valence-corrected chi connectivity index (χ0v) is 39.9. The summed E-state index contributed by atoms with van der Waals surface area (Å²) in [6.07, 6.45) is 3.76. The number of ether oxygens (including phenoxy) is 1. The smallest absolute Gasteiger partial charge is 0.151 e. The molecule has 6 heteroatoms. The van der Waals surface area contributed by atoms with Crippen molar-refractivity contribution in [2.45, 2.75) is 83.1 Å². The van der Waals surface area contributed by atoms with Crippen LogP contribution in [0.25, 0.3) is 43.6 Å². The highest BCUT2D eigenvalue weighted by molar-refractivity contribution is 6.08. The van der Waals surface area contributed by atoms with Crippen LogP contribution in [0.5, 0.6) is 11.5 Å². The summed E-state index contributed by atoms with van der Waals surface area (Å²) in [6, 6.07) is 43.6. The first-order chi connectivity index (χ1) is 28.8. The van der Waals surface area contributed by atoms with Crippen LogP contribution in [0.15, 0.2) is 140 Å². The number of nitrogens with zero attached hydrogens (tertiary/aromatic N) is 5.